The van der Waals surface area contributed by atoms with Gasteiger partial charge in [-0.3, -0.25) is 10.1 Å². The molecule has 4 aromatic rings. The number of hydrogen-bond donors (Lipinski definition) is 0. The molecule has 0 N–H and O–H groups in total. The number of nitrogens with zero attached hydrogens (tertiary/aromatic N) is 2. The molecule has 3 aromatic carbocycles. The van der Waals surface area contributed by atoms with Crippen molar-refractivity contribution >= 4 is 27.5 Å². The molecule has 0 amide bonds. The van der Waals surface area contributed by atoms with E-state index in [1.54, 1.807) is 18.2 Å². The maximum atomic E-state index is 11.3. The van der Waals surface area contributed by atoms with E-state index in [0.29, 0.717) is 46.2 Å². The first-order chi connectivity index (χ1) is 16.7. The molecule has 0 atom stereocenters. The Bertz CT molecular complexity index is 1240. The maximum Gasteiger partial charge on any atom is 0.270 e. The summed E-state index contributed by atoms with van der Waals surface area (Å²) in [6, 6.07) is 20.7. The van der Waals surface area contributed by atoms with E-state index in [-0.39, 0.29) is 10.6 Å². The Morgan fingerprint density at radius 1 is 0.765 bits per heavy atom. The van der Waals surface area contributed by atoms with E-state index in [2.05, 4.69) is 4.57 Å². The van der Waals surface area contributed by atoms with E-state index in [1.165, 1.54) is 0 Å². The van der Waals surface area contributed by atoms with Crippen LogP contribution in [-0.4, -0.2) is 55.7 Å². The van der Waals surface area contributed by atoms with Crippen molar-refractivity contribution in [1.29, 1.82) is 0 Å². The lowest BCUT2D eigenvalue weighted by Crippen LogP contribution is -2.12. The molecule has 0 saturated heterocycles. The predicted octanol–water partition coefficient (Wildman–Crippen LogP) is 5.14. The van der Waals surface area contributed by atoms with Crippen LogP contribution in [0.15, 0.2) is 66.7 Å². The molecular weight excluding hydrogens is 436 g/mol. The van der Waals surface area contributed by atoms with Gasteiger partial charge in [0.25, 0.3) is 5.69 Å². The lowest BCUT2D eigenvalue weighted by atomic mass is 10.1. The second-order valence-corrected chi connectivity index (χ2v) is 7.58. The highest BCUT2D eigenvalue weighted by molar-refractivity contribution is 6.09. The number of ether oxygens (including phenoxy) is 4. The van der Waals surface area contributed by atoms with E-state index in [1.807, 2.05) is 55.5 Å². The molecule has 34 heavy (non-hydrogen) atoms. The Morgan fingerprint density at radius 3 is 2.12 bits per heavy atom. The van der Waals surface area contributed by atoms with E-state index in [4.69, 9.17) is 18.9 Å². The molecule has 8 heteroatoms. The van der Waals surface area contributed by atoms with Crippen LogP contribution in [0.25, 0.3) is 27.5 Å². The molecular formula is C26H28N2O6. The summed E-state index contributed by atoms with van der Waals surface area (Å²) in [6.07, 6.45) is 0. The molecule has 0 radical (unpaired) electrons. The molecule has 1 heterocycles. The number of hydrogen-bond acceptors (Lipinski definition) is 6. The van der Waals surface area contributed by atoms with Gasteiger partial charge in [-0.05, 0) is 43.3 Å². The Hall–Kier alpha value is -3.46. The number of benzene rings is 3. The van der Waals surface area contributed by atoms with Crippen LogP contribution in [0.1, 0.15) is 6.92 Å². The second kappa shape index (κ2) is 11.6. The van der Waals surface area contributed by atoms with Gasteiger partial charge in [0.05, 0.1) is 49.0 Å². The summed E-state index contributed by atoms with van der Waals surface area (Å²) < 4.78 is 24.0. The number of fused-ring (bicyclic) bond motifs is 3. The van der Waals surface area contributed by atoms with Gasteiger partial charge < -0.3 is 23.5 Å². The minimum absolute atomic E-state index is 0.0819. The lowest BCUT2D eigenvalue weighted by Gasteiger charge is -2.10. The van der Waals surface area contributed by atoms with Gasteiger partial charge in [-0.15, -0.1) is 0 Å². The smallest absolute Gasteiger partial charge is 0.270 e. The zero-order valence-electron chi connectivity index (χ0n) is 19.1. The zero-order chi connectivity index (χ0) is 23.8. The van der Waals surface area contributed by atoms with Gasteiger partial charge in [-0.25, -0.2) is 0 Å². The first kappa shape index (κ1) is 23.7. The van der Waals surface area contributed by atoms with Crippen molar-refractivity contribution in [1.82, 2.24) is 4.57 Å². The lowest BCUT2D eigenvalue weighted by molar-refractivity contribution is -0.384. The summed E-state index contributed by atoms with van der Waals surface area (Å²) in [6.45, 7) is 5.79. The van der Waals surface area contributed by atoms with Crippen molar-refractivity contribution in [2.24, 2.45) is 0 Å². The van der Waals surface area contributed by atoms with Crippen LogP contribution in [0.3, 0.4) is 0 Å². The molecule has 0 spiro atoms. The third-order valence-corrected chi connectivity index (χ3v) is 5.41. The fourth-order valence-electron chi connectivity index (χ4n) is 3.85. The van der Waals surface area contributed by atoms with Crippen LogP contribution >= 0.6 is 0 Å². The molecule has 8 nitrogen and oxygen atoms in total. The number of aromatic nitrogens is 1. The topological polar surface area (TPSA) is 85.0 Å². The van der Waals surface area contributed by atoms with Crippen LogP contribution in [0.2, 0.25) is 0 Å². The van der Waals surface area contributed by atoms with Crippen molar-refractivity contribution < 1.29 is 23.9 Å². The molecule has 0 fully saturated rings. The van der Waals surface area contributed by atoms with Gasteiger partial charge in [0.15, 0.2) is 0 Å². The van der Waals surface area contributed by atoms with Crippen LogP contribution in [0, 0.1) is 10.1 Å². The zero-order valence-corrected chi connectivity index (χ0v) is 19.1. The van der Waals surface area contributed by atoms with Gasteiger partial charge in [-0.2, -0.15) is 0 Å². The first-order valence-corrected chi connectivity index (χ1v) is 11.3. The molecule has 1 aromatic heterocycles. The van der Waals surface area contributed by atoms with Gasteiger partial charge in [0, 0.05) is 35.2 Å². The fourth-order valence-corrected chi connectivity index (χ4v) is 3.85. The highest BCUT2D eigenvalue weighted by Gasteiger charge is 2.15. The minimum Gasteiger partial charge on any atom is -0.491 e. The summed E-state index contributed by atoms with van der Waals surface area (Å²) >= 11 is 0. The second-order valence-electron chi connectivity index (χ2n) is 7.58. The summed E-state index contributed by atoms with van der Waals surface area (Å²) in [5.41, 5.74) is 2.94. The van der Waals surface area contributed by atoms with Crippen LogP contribution in [-0.2, 0) is 14.2 Å². The number of nitro groups is 1. The third-order valence-electron chi connectivity index (χ3n) is 5.41. The minimum atomic E-state index is -0.364. The summed E-state index contributed by atoms with van der Waals surface area (Å²) in [5, 5.41) is 13.1. The average Bonchev–Trinajstić information content (AvgIpc) is 3.19. The van der Waals surface area contributed by atoms with Gasteiger partial charge in [0.2, 0.25) is 0 Å². The molecule has 0 saturated carbocycles. The van der Waals surface area contributed by atoms with Crippen LogP contribution in [0.5, 0.6) is 5.75 Å². The summed E-state index contributed by atoms with van der Waals surface area (Å²) in [4.78, 5) is 10.9. The monoisotopic (exact) mass is 464 g/mol. The standard InChI is InChI=1S/C26H28N2O6/c1-2-31-13-14-32-15-16-33-17-18-34-22-10-7-20(8-11-22)27-25-6-4-3-5-23(25)24-19-21(28(29)30)9-12-26(24)27/h3-12,19H,2,13-18H2,1H3. The van der Waals surface area contributed by atoms with Crippen LogP contribution in [0.4, 0.5) is 5.69 Å². The van der Waals surface area contributed by atoms with Crippen molar-refractivity contribution in [2.45, 2.75) is 6.92 Å². The third kappa shape index (κ3) is 5.53. The first-order valence-electron chi connectivity index (χ1n) is 11.3. The Labute approximate surface area is 197 Å². The molecule has 0 aliphatic carbocycles. The largest absolute Gasteiger partial charge is 0.491 e. The van der Waals surface area contributed by atoms with E-state index in [0.717, 1.165) is 33.2 Å². The number of rotatable bonds is 13. The highest BCUT2D eigenvalue weighted by Crippen LogP contribution is 2.34. The summed E-state index contributed by atoms with van der Waals surface area (Å²) in [5.74, 6) is 0.747. The van der Waals surface area contributed by atoms with Crippen molar-refractivity contribution in [3.63, 3.8) is 0 Å². The van der Waals surface area contributed by atoms with E-state index < -0.39 is 0 Å². The summed E-state index contributed by atoms with van der Waals surface area (Å²) in [7, 11) is 0. The predicted molar refractivity (Wildman–Crippen MR) is 131 cm³/mol. The molecule has 0 aliphatic heterocycles. The number of nitro benzene ring substituents is 1. The van der Waals surface area contributed by atoms with Crippen molar-refractivity contribution in [3.05, 3.63) is 76.8 Å². The average molecular weight is 465 g/mol. The molecule has 0 unspecified atom stereocenters. The Kier molecular flexibility index (Phi) is 8.08. The van der Waals surface area contributed by atoms with Gasteiger partial charge >= 0.3 is 0 Å². The highest BCUT2D eigenvalue weighted by atomic mass is 16.6. The SMILES string of the molecule is CCOCCOCCOCCOc1ccc(-n2c3ccccc3c3cc([N+](=O)[O-])ccc32)cc1. The van der Waals surface area contributed by atoms with E-state index in [9.17, 15) is 10.1 Å². The number of para-hydroxylation sites is 1. The van der Waals surface area contributed by atoms with Crippen molar-refractivity contribution in [2.75, 3.05) is 46.2 Å². The van der Waals surface area contributed by atoms with Gasteiger partial charge in [0.1, 0.15) is 12.4 Å². The quantitative estimate of drug-likeness (QED) is 0.155. The number of non-ortho nitro benzene ring substituents is 1. The fraction of sp³-hybridized carbons (Fsp3) is 0.308. The van der Waals surface area contributed by atoms with Crippen LogP contribution < -0.4 is 4.74 Å². The normalized spacial score (nSPS) is 11.3. The molecule has 178 valence electrons. The Balaban J connectivity index is 1.38. The van der Waals surface area contributed by atoms with Crippen molar-refractivity contribution in [3.8, 4) is 11.4 Å². The van der Waals surface area contributed by atoms with E-state index >= 15 is 0 Å². The Morgan fingerprint density at radius 2 is 1.41 bits per heavy atom. The molecule has 0 aliphatic rings. The van der Waals surface area contributed by atoms with Gasteiger partial charge in [-0.1, -0.05) is 18.2 Å². The maximum absolute atomic E-state index is 11.3. The molecule has 4 rings (SSSR count). The molecule has 0 bridgehead atoms.